The molecule has 0 rings (SSSR count). The largest absolute Gasteiger partial charge is 0.198 e. The van der Waals surface area contributed by atoms with Gasteiger partial charge in [0, 0.05) is 24.4 Å². The van der Waals surface area contributed by atoms with Crippen LogP contribution in [0, 0.1) is 34.0 Å². The Morgan fingerprint density at radius 1 is 1.00 bits per heavy atom. The highest BCUT2D eigenvalue weighted by molar-refractivity contribution is 7.19. The summed E-state index contributed by atoms with van der Waals surface area (Å²) in [5.74, 6) is 0. The highest BCUT2D eigenvalue weighted by Crippen LogP contribution is 2.38. The van der Waals surface area contributed by atoms with Crippen molar-refractivity contribution in [3.05, 3.63) is 12.2 Å². The Morgan fingerprint density at radius 3 is 1.81 bits per heavy atom. The minimum atomic E-state index is -0.262. The highest BCUT2D eigenvalue weighted by atomic mass is 31.0. The fraction of sp³-hybridized carbons (Fsp3) is 0.583. The van der Waals surface area contributed by atoms with E-state index in [-0.39, 0.29) is 5.16 Å². The smallest absolute Gasteiger partial charge is 0.0625 e. The van der Waals surface area contributed by atoms with Crippen LogP contribution in [0.15, 0.2) is 12.2 Å². The average Bonchev–Trinajstić information content (AvgIpc) is 2.30. The summed E-state index contributed by atoms with van der Waals surface area (Å²) in [7, 11) is 2.71. The second-order valence-corrected chi connectivity index (χ2v) is 4.84. The third-order valence-electron chi connectivity index (χ3n) is 2.61. The normalized spacial score (nSPS) is 9.88. The third kappa shape index (κ3) is 4.93. The molecule has 0 heterocycles. The van der Waals surface area contributed by atoms with E-state index in [1.807, 2.05) is 0 Å². The molecule has 0 aliphatic rings. The van der Waals surface area contributed by atoms with E-state index in [2.05, 4.69) is 34.0 Å². The summed E-state index contributed by atoms with van der Waals surface area (Å²) in [6.45, 7) is 3.98. The van der Waals surface area contributed by atoms with Gasteiger partial charge in [-0.15, -0.1) is 9.24 Å². The van der Waals surface area contributed by atoms with E-state index in [4.69, 9.17) is 15.8 Å². The first kappa shape index (κ1) is 14.6. The highest BCUT2D eigenvalue weighted by Gasteiger charge is 2.26. The van der Waals surface area contributed by atoms with Gasteiger partial charge < -0.3 is 0 Å². The Bertz CT molecular complexity index is 336. The molecule has 1 atom stereocenters. The molecule has 4 heteroatoms. The maximum Gasteiger partial charge on any atom is 0.0625 e. The Morgan fingerprint density at radius 2 is 1.44 bits per heavy atom. The summed E-state index contributed by atoms with van der Waals surface area (Å²) < 4.78 is 0. The molecule has 16 heavy (non-hydrogen) atoms. The molecule has 3 nitrogen and oxygen atoms in total. The van der Waals surface area contributed by atoms with Crippen LogP contribution < -0.4 is 0 Å². The van der Waals surface area contributed by atoms with Gasteiger partial charge in [0.1, 0.15) is 0 Å². The predicted octanol–water partition coefficient (Wildman–Crippen LogP) is 3.07. The van der Waals surface area contributed by atoms with Gasteiger partial charge in [-0.2, -0.15) is 15.8 Å². The van der Waals surface area contributed by atoms with Gasteiger partial charge in [-0.1, -0.05) is 12.2 Å². The molecule has 0 radical (unpaired) electrons. The molecule has 0 aliphatic heterocycles. The molecule has 0 fully saturated rings. The molecule has 0 spiro atoms. The zero-order chi connectivity index (χ0) is 12.4. The quantitative estimate of drug-likeness (QED) is 0.501. The molecule has 0 amide bonds. The van der Waals surface area contributed by atoms with E-state index >= 15 is 0 Å². The first-order chi connectivity index (χ1) is 7.60. The number of allylic oxidation sites excluding steroid dienone is 1. The lowest BCUT2D eigenvalue weighted by Crippen LogP contribution is -2.23. The third-order valence-corrected chi connectivity index (χ3v) is 3.59. The second-order valence-electron chi connectivity index (χ2n) is 3.73. The van der Waals surface area contributed by atoms with Crippen molar-refractivity contribution in [2.75, 3.05) is 0 Å². The van der Waals surface area contributed by atoms with Crippen LogP contribution in [0.25, 0.3) is 0 Å². The Labute approximate surface area is 99.6 Å². The summed E-state index contributed by atoms with van der Waals surface area (Å²) in [5, 5.41) is 25.5. The lowest BCUT2D eigenvalue weighted by Gasteiger charge is -2.30. The van der Waals surface area contributed by atoms with Crippen LogP contribution in [-0.2, 0) is 0 Å². The van der Waals surface area contributed by atoms with Crippen molar-refractivity contribution in [2.45, 2.75) is 43.7 Å². The number of nitriles is 3. The van der Waals surface area contributed by atoms with E-state index in [1.165, 1.54) is 0 Å². The first-order valence-corrected chi connectivity index (χ1v) is 5.76. The van der Waals surface area contributed by atoms with Crippen LogP contribution in [0.3, 0.4) is 0 Å². The van der Waals surface area contributed by atoms with Gasteiger partial charge in [0.05, 0.1) is 18.2 Å². The van der Waals surface area contributed by atoms with Gasteiger partial charge in [0.15, 0.2) is 0 Å². The van der Waals surface area contributed by atoms with Gasteiger partial charge in [0.2, 0.25) is 0 Å². The van der Waals surface area contributed by atoms with Crippen LogP contribution in [0.1, 0.15) is 38.5 Å². The number of nitrogens with zero attached hydrogens (tertiary/aromatic N) is 3. The Hall–Kier alpha value is -1.36. The summed E-state index contributed by atoms with van der Waals surface area (Å²) in [6.07, 6.45) is 3.33. The SMILES string of the molecule is C=C(CCC#N)C(P)(CCC#N)CCC#N. The predicted molar refractivity (Wildman–Crippen MR) is 66.1 cm³/mol. The molecule has 0 bridgehead atoms. The lowest BCUT2D eigenvalue weighted by molar-refractivity contribution is 0.564. The van der Waals surface area contributed by atoms with Crippen LogP contribution in [0.2, 0.25) is 0 Å². The van der Waals surface area contributed by atoms with E-state index < -0.39 is 0 Å². The van der Waals surface area contributed by atoms with Crippen LogP contribution in [-0.4, -0.2) is 5.16 Å². The van der Waals surface area contributed by atoms with Crippen molar-refractivity contribution in [1.82, 2.24) is 0 Å². The van der Waals surface area contributed by atoms with E-state index in [9.17, 15) is 0 Å². The standard InChI is InChI=1S/C12H16N3P/c1-11(5-2-8-13)12(16,6-3-9-14)7-4-10-15/h1-7,16H2. The fourth-order valence-electron chi connectivity index (χ4n) is 1.49. The van der Waals surface area contributed by atoms with Crippen molar-refractivity contribution < 1.29 is 0 Å². The zero-order valence-corrected chi connectivity index (χ0v) is 10.5. The van der Waals surface area contributed by atoms with E-state index in [0.717, 1.165) is 5.57 Å². The number of hydrogen-bond donors (Lipinski definition) is 0. The van der Waals surface area contributed by atoms with Crippen molar-refractivity contribution in [3.63, 3.8) is 0 Å². The van der Waals surface area contributed by atoms with Crippen LogP contribution in [0.4, 0.5) is 0 Å². The first-order valence-electron chi connectivity index (χ1n) is 5.18. The van der Waals surface area contributed by atoms with Crippen LogP contribution in [0.5, 0.6) is 0 Å². The van der Waals surface area contributed by atoms with Crippen molar-refractivity contribution in [1.29, 1.82) is 15.8 Å². The lowest BCUT2D eigenvalue weighted by atomic mass is 9.87. The second kappa shape index (κ2) is 7.87. The number of rotatable bonds is 7. The molecule has 0 saturated heterocycles. The van der Waals surface area contributed by atoms with E-state index in [1.54, 1.807) is 0 Å². The Balaban J connectivity index is 4.52. The van der Waals surface area contributed by atoms with Crippen molar-refractivity contribution >= 4 is 9.24 Å². The molecule has 0 aromatic carbocycles. The maximum atomic E-state index is 8.61. The molecule has 0 N–H and O–H groups in total. The maximum absolute atomic E-state index is 8.61. The molecule has 1 unspecified atom stereocenters. The summed E-state index contributed by atoms with van der Waals surface area (Å²) in [6, 6.07) is 6.30. The van der Waals surface area contributed by atoms with Gasteiger partial charge >= 0.3 is 0 Å². The molecule has 0 saturated carbocycles. The minimum absolute atomic E-state index is 0.262. The average molecular weight is 233 g/mol. The zero-order valence-electron chi connectivity index (χ0n) is 9.37. The van der Waals surface area contributed by atoms with E-state index in [0.29, 0.717) is 38.5 Å². The Kier molecular flexibility index (Phi) is 7.20. The molecular weight excluding hydrogens is 217 g/mol. The van der Waals surface area contributed by atoms with Gasteiger partial charge in [-0.05, 0) is 19.3 Å². The molecule has 0 aromatic heterocycles. The topological polar surface area (TPSA) is 71.4 Å². The van der Waals surface area contributed by atoms with Gasteiger partial charge in [-0.3, -0.25) is 0 Å². The molecule has 0 aromatic rings. The molecule has 0 aliphatic carbocycles. The summed E-state index contributed by atoms with van der Waals surface area (Å²) >= 11 is 0. The fourth-order valence-corrected chi connectivity index (χ4v) is 1.93. The van der Waals surface area contributed by atoms with Gasteiger partial charge in [-0.25, -0.2) is 0 Å². The molecule has 84 valence electrons. The van der Waals surface area contributed by atoms with Crippen LogP contribution >= 0.6 is 9.24 Å². The van der Waals surface area contributed by atoms with Crippen molar-refractivity contribution in [2.24, 2.45) is 0 Å². The number of hydrogen-bond acceptors (Lipinski definition) is 3. The van der Waals surface area contributed by atoms with Gasteiger partial charge in [0.25, 0.3) is 0 Å². The molecular formula is C12H16N3P. The summed E-state index contributed by atoms with van der Waals surface area (Å²) in [5.41, 5.74) is 0.949. The monoisotopic (exact) mass is 233 g/mol. The summed E-state index contributed by atoms with van der Waals surface area (Å²) in [4.78, 5) is 0. The van der Waals surface area contributed by atoms with Crippen molar-refractivity contribution in [3.8, 4) is 18.2 Å². The minimum Gasteiger partial charge on any atom is -0.198 e.